The molecule has 1 aliphatic carbocycles. The predicted molar refractivity (Wildman–Crippen MR) is 96.7 cm³/mol. The lowest BCUT2D eigenvalue weighted by Crippen LogP contribution is -2.31. The first-order valence-corrected chi connectivity index (χ1v) is 8.60. The summed E-state index contributed by atoms with van der Waals surface area (Å²) in [5.41, 5.74) is 4.20. The van der Waals surface area contributed by atoms with Crippen molar-refractivity contribution in [3.05, 3.63) is 70.8 Å². The van der Waals surface area contributed by atoms with Crippen LogP contribution in [0.25, 0.3) is 0 Å². The van der Waals surface area contributed by atoms with Crippen molar-refractivity contribution in [1.29, 1.82) is 0 Å². The SMILES string of the molecule is CN(C)CC1CCc2ccccc2C1Cc1ccccc1C(=O)O. The molecule has 1 aliphatic rings. The number of carbonyl (C=O) groups is 1. The van der Waals surface area contributed by atoms with Crippen LogP contribution >= 0.6 is 0 Å². The van der Waals surface area contributed by atoms with E-state index in [-0.39, 0.29) is 0 Å². The molecule has 0 bridgehead atoms. The Labute approximate surface area is 143 Å². The number of benzene rings is 2. The van der Waals surface area contributed by atoms with E-state index in [9.17, 15) is 9.90 Å². The molecule has 0 radical (unpaired) electrons. The van der Waals surface area contributed by atoms with E-state index >= 15 is 0 Å². The van der Waals surface area contributed by atoms with Crippen molar-refractivity contribution in [2.45, 2.75) is 25.2 Å². The molecule has 126 valence electrons. The van der Waals surface area contributed by atoms with Crippen molar-refractivity contribution in [3.63, 3.8) is 0 Å². The van der Waals surface area contributed by atoms with Gasteiger partial charge in [-0.1, -0.05) is 42.5 Å². The fourth-order valence-corrected chi connectivity index (χ4v) is 4.03. The average molecular weight is 323 g/mol. The predicted octanol–water partition coefficient (Wildman–Crippen LogP) is 3.84. The van der Waals surface area contributed by atoms with Crippen LogP contribution in [0.5, 0.6) is 0 Å². The van der Waals surface area contributed by atoms with Crippen molar-refractivity contribution in [2.75, 3.05) is 20.6 Å². The first-order chi connectivity index (χ1) is 11.6. The molecule has 2 unspecified atom stereocenters. The molecule has 24 heavy (non-hydrogen) atoms. The van der Waals surface area contributed by atoms with E-state index < -0.39 is 5.97 Å². The van der Waals surface area contributed by atoms with Gasteiger partial charge < -0.3 is 10.0 Å². The maximum absolute atomic E-state index is 11.6. The van der Waals surface area contributed by atoms with Crippen LogP contribution in [-0.2, 0) is 12.8 Å². The first kappa shape index (κ1) is 16.7. The summed E-state index contributed by atoms with van der Waals surface area (Å²) >= 11 is 0. The zero-order chi connectivity index (χ0) is 17.1. The molecule has 0 aliphatic heterocycles. The summed E-state index contributed by atoms with van der Waals surface area (Å²) in [6.45, 7) is 1.04. The van der Waals surface area contributed by atoms with Crippen molar-refractivity contribution >= 4 is 5.97 Å². The minimum absolute atomic E-state index is 0.373. The molecule has 0 aromatic heterocycles. The van der Waals surface area contributed by atoms with E-state index in [4.69, 9.17) is 0 Å². The van der Waals surface area contributed by atoms with Gasteiger partial charge in [-0.25, -0.2) is 4.79 Å². The fourth-order valence-electron chi connectivity index (χ4n) is 4.03. The van der Waals surface area contributed by atoms with E-state index in [1.165, 1.54) is 11.1 Å². The Balaban J connectivity index is 1.97. The lowest BCUT2D eigenvalue weighted by atomic mass is 9.72. The molecule has 1 N–H and O–H groups in total. The summed E-state index contributed by atoms with van der Waals surface area (Å²) < 4.78 is 0. The Bertz CT molecular complexity index is 723. The third-order valence-electron chi connectivity index (χ3n) is 5.10. The second kappa shape index (κ2) is 7.18. The molecule has 0 fully saturated rings. The Morgan fingerprint density at radius 3 is 2.58 bits per heavy atom. The van der Waals surface area contributed by atoms with Crippen LogP contribution in [0.3, 0.4) is 0 Å². The second-order valence-corrected chi connectivity index (χ2v) is 7.03. The lowest BCUT2D eigenvalue weighted by molar-refractivity contribution is 0.0695. The Morgan fingerprint density at radius 2 is 1.83 bits per heavy atom. The minimum atomic E-state index is -0.834. The van der Waals surface area contributed by atoms with Crippen LogP contribution in [0, 0.1) is 5.92 Å². The van der Waals surface area contributed by atoms with Gasteiger partial charge >= 0.3 is 5.97 Å². The smallest absolute Gasteiger partial charge is 0.335 e. The highest BCUT2D eigenvalue weighted by Crippen LogP contribution is 2.39. The minimum Gasteiger partial charge on any atom is -0.478 e. The van der Waals surface area contributed by atoms with E-state index in [0.717, 1.165) is 31.4 Å². The van der Waals surface area contributed by atoms with Gasteiger partial charge in [-0.05, 0) is 68.0 Å². The van der Waals surface area contributed by atoms with Gasteiger partial charge in [-0.2, -0.15) is 0 Å². The standard InChI is InChI=1S/C21H25NO2/c1-22(2)14-17-12-11-15-7-3-5-9-18(15)20(17)13-16-8-4-6-10-19(16)21(23)24/h3-10,17,20H,11-14H2,1-2H3,(H,23,24). The van der Waals surface area contributed by atoms with Gasteiger partial charge in [0.25, 0.3) is 0 Å². The molecule has 2 aromatic rings. The average Bonchev–Trinajstić information content (AvgIpc) is 2.57. The zero-order valence-electron chi connectivity index (χ0n) is 14.4. The van der Waals surface area contributed by atoms with Crippen LogP contribution in [-0.4, -0.2) is 36.6 Å². The summed E-state index contributed by atoms with van der Waals surface area (Å²) in [5.74, 6) is 0.0912. The molecule has 3 heteroatoms. The Morgan fingerprint density at radius 1 is 1.12 bits per heavy atom. The van der Waals surface area contributed by atoms with Gasteiger partial charge in [0.1, 0.15) is 0 Å². The highest BCUT2D eigenvalue weighted by atomic mass is 16.4. The van der Waals surface area contributed by atoms with Gasteiger partial charge in [0.05, 0.1) is 5.56 Å². The maximum Gasteiger partial charge on any atom is 0.335 e. The Hall–Kier alpha value is -2.13. The topological polar surface area (TPSA) is 40.5 Å². The summed E-state index contributed by atoms with van der Waals surface area (Å²) in [5, 5.41) is 9.49. The van der Waals surface area contributed by atoms with Crippen LogP contribution in [0.4, 0.5) is 0 Å². The van der Waals surface area contributed by atoms with Crippen molar-refractivity contribution < 1.29 is 9.90 Å². The number of nitrogens with zero attached hydrogens (tertiary/aromatic N) is 1. The molecule has 0 saturated carbocycles. The molecule has 3 rings (SSSR count). The summed E-state index contributed by atoms with van der Waals surface area (Å²) in [6.07, 6.45) is 3.07. The van der Waals surface area contributed by atoms with E-state index in [1.807, 2.05) is 12.1 Å². The van der Waals surface area contributed by atoms with E-state index in [0.29, 0.717) is 17.4 Å². The number of carboxylic acid groups (broad SMARTS) is 1. The summed E-state index contributed by atoms with van der Waals surface area (Å²) in [6, 6.07) is 16.1. The largest absolute Gasteiger partial charge is 0.478 e. The number of hydrogen-bond acceptors (Lipinski definition) is 2. The van der Waals surface area contributed by atoms with Crippen molar-refractivity contribution in [3.8, 4) is 0 Å². The van der Waals surface area contributed by atoms with Crippen LogP contribution in [0.15, 0.2) is 48.5 Å². The zero-order valence-corrected chi connectivity index (χ0v) is 14.4. The number of carboxylic acids is 1. The quantitative estimate of drug-likeness (QED) is 0.909. The van der Waals surface area contributed by atoms with E-state index in [1.54, 1.807) is 12.1 Å². The second-order valence-electron chi connectivity index (χ2n) is 7.03. The monoisotopic (exact) mass is 323 g/mol. The molecule has 2 aromatic carbocycles. The van der Waals surface area contributed by atoms with Crippen LogP contribution in [0.1, 0.15) is 39.4 Å². The van der Waals surface area contributed by atoms with E-state index in [2.05, 4.69) is 43.3 Å². The number of fused-ring (bicyclic) bond motifs is 1. The number of hydrogen-bond donors (Lipinski definition) is 1. The molecule has 0 amide bonds. The summed E-state index contributed by atoms with van der Waals surface area (Å²) in [4.78, 5) is 13.8. The van der Waals surface area contributed by atoms with Gasteiger partial charge in [0.2, 0.25) is 0 Å². The van der Waals surface area contributed by atoms with Crippen molar-refractivity contribution in [2.24, 2.45) is 5.92 Å². The molecule has 3 nitrogen and oxygen atoms in total. The maximum atomic E-state index is 11.6. The highest BCUT2D eigenvalue weighted by Gasteiger charge is 2.30. The molecular weight excluding hydrogens is 298 g/mol. The fraction of sp³-hybridized carbons (Fsp3) is 0.381. The molecule has 0 saturated heterocycles. The first-order valence-electron chi connectivity index (χ1n) is 8.60. The molecular formula is C21H25NO2. The van der Waals surface area contributed by atoms with Gasteiger partial charge in [0.15, 0.2) is 0 Å². The third kappa shape index (κ3) is 3.51. The van der Waals surface area contributed by atoms with Crippen LogP contribution < -0.4 is 0 Å². The highest BCUT2D eigenvalue weighted by molar-refractivity contribution is 5.89. The molecule has 2 atom stereocenters. The molecule has 0 spiro atoms. The molecule has 0 heterocycles. The van der Waals surface area contributed by atoms with Crippen LogP contribution in [0.2, 0.25) is 0 Å². The number of aromatic carboxylic acids is 1. The third-order valence-corrected chi connectivity index (χ3v) is 5.10. The number of aryl methyl sites for hydroxylation is 1. The summed E-state index contributed by atoms with van der Waals surface area (Å²) in [7, 11) is 4.23. The normalized spacial score (nSPS) is 20.0. The van der Waals surface area contributed by atoms with Gasteiger partial charge in [-0.3, -0.25) is 0 Å². The van der Waals surface area contributed by atoms with Gasteiger partial charge in [0, 0.05) is 6.54 Å². The van der Waals surface area contributed by atoms with Gasteiger partial charge in [-0.15, -0.1) is 0 Å². The van der Waals surface area contributed by atoms with Crippen molar-refractivity contribution in [1.82, 2.24) is 4.90 Å². The lowest BCUT2D eigenvalue weighted by Gasteiger charge is -2.35. The number of rotatable bonds is 5. The Kier molecular flexibility index (Phi) is 5.00.